The number of piperazine rings is 1. The zero-order valence-corrected chi connectivity index (χ0v) is 16.4. The molecule has 0 spiro atoms. The summed E-state index contributed by atoms with van der Waals surface area (Å²) in [6, 6.07) is 13.1. The van der Waals surface area contributed by atoms with Gasteiger partial charge >= 0.3 is 0 Å². The first-order valence-corrected chi connectivity index (χ1v) is 10.2. The van der Waals surface area contributed by atoms with Gasteiger partial charge in [0.05, 0.1) is 12.0 Å². The highest BCUT2D eigenvalue weighted by molar-refractivity contribution is 7.89. The fourth-order valence-corrected chi connectivity index (χ4v) is 4.30. The molecule has 9 heteroatoms. The van der Waals surface area contributed by atoms with Crippen LogP contribution in [-0.2, 0) is 14.8 Å². The molecule has 3 rings (SSSR count). The van der Waals surface area contributed by atoms with Crippen molar-refractivity contribution >= 4 is 21.6 Å². The zero-order chi connectivity index (χ0) is 20.1. The van der Waals surface area contributed by atoms with Gasteiger partial charge in [-0.15, -0.1) is 0 Å². The summed E-state index contributed by atoms with van der Waals surface area (Å²) in [7, 11) is -2.02. The van der Waals surface area contributed by atoms with Gasteiger partial charge in [0.15, 0.2) is 6.61 Å². The van der Waals surface area contributed by atoms with E-state index in [2.05, 4.69) is 0 Å². The van der Waals surface area contributed by atoms with Crippen molar-refractivity contribution in [3.05, 3.63) is 48.5 Å². The first-order chi connectivity index (χ1) is 13.4. The maximum Gasteiger partial charge on any atom is 0.260 e. The largest absolute Gasteiger partial charge is 0.497 e. The van der Waals surface area contributed by atoms with E-state index < -0.39 is 10.0 Å². The lowest BCUT2D eigenvalue weighted by Gasteiger charge is -2.34. The Balaban J connectivity index is 1.52. The van der Waals surface area contributed by atoms with E-state index in [1.165, 1.54) is 16.4 Å². The summed E-state index contributed by atoms with van der Waals surface area (Å²) < 4.78 is 37.3. The van der Waals surface area contributed by atoms with Gasteiger partial charge in [0, 0.05) is 31.9 Å². The number of hydrogen-bond acceptors (Lipinski definition) is 6. The van der Waals surface area contributed by atoms with E-state index in [1.807, 2.05) is 0 Å². The fourth-order valence-electron chi connectivity index (χ4n) is 2.88. The van der Waals surface area contributed by atoms with Crippen molar-refractivity contribution in [3.63, 3.8) is 0 Å². The molecule has 0 unspecified atom stereocenters. The van der Waals surface area contributed by atoms with Gasteiger partial charge in [-0.1, -0.05) is 0 Å². The summed E-state index contributed by atoms with van der Waals surface area (Å²) in [5, 5.41) is 0. The van der Waals surface area contributed by atoms with Gasteiger partial charge in [0.2, 0.25) is 10.0 Å². The topological polar surface area (TPSA) is 102 Å². The van der Waals surface area contributed by atoms with Gasteiger partial charge in [-0.2, -0.15) is 4.31 Å². The molecule has 1 amide bonds. The molecular formula is C19H23N3O5S. The predicted molar refractivity (Wildman–Crippen MR) is 105 cm³/mol. The maximum absolute atomic E-state index is 12.7. The summed E-state index contributed by atoms with van der Waals surface area (Å²) in [4.78, 5) is 14.2. The number of sulfonamides is 1. The Hall–Kier alpha value is -2.78. The smallest absolute Gasteiger partial charge is 0.260 e. The summed E-state index contributed by atoms with van der Waals surface area (Å²) in [6.45, 7) is 1.01. The van der Waals surface area contributed by atoms with Crippen LogP contribution in [0.2, 0.25) is 0 Å². The first-order valence-electron chi connectivity index (χ1n) is 8.80. The van der Waals surface area contributed by atoms with Gasteiger partial charge in [0.25, 0.3) is 5.91 Å². The highest BCUT2D eigenvalue weighted by atomic mass is 32.2. The number of benzene rings is 2. The molecule has 2 aromatic carbocycles. The third kappa shape index (κ3) is 4.55. The Morgan fingerprint density at radius 2 is 1.54 bits per heavy atom. The molecule has 150 valence electrons. The molecule has 0 atom stereocenters. The number of nitrogens with zero attached hydrogens (tertiary/aromatic N) is 2. The summed E-state index contributed by atoms with van der Waals surface area (Å²) in [6.07, 6.45) is 0. The van der Waals surface area contributed by atoms with Crippen LogP contribution in [0.1, 0.15) is 0 Å². The molecule has 28 heavy (non-hydrogen) atoms. The van der Waals surface area contributed by atoms with Crippen molar-refractivity contribution in [1.29, 1.82) is 0 Å². The summed E-state index contributed by atoms with van der Waals surface area (Å²) in [5.74, 6) is 1.09. The number of hydrogen-bond donors (Lipinski definition) is 1. The van der Waals surface area contributed by atoms with Gasteiger partial charge < -0.3 is 20.1 Å². The van der Waals surface area contributed by atoms with E-state index in [0.717, 1.165) is 0 Å². The van der Waals surface area contributed by atoms with Gasteiger partial charge in [-0.3, -0.25) is 4.79 Å². The minimum Gasteiger partial charge on any atom is -0.497 e. The molecule has 1 saturated heterocycles. The standard InChI is InChI=1S/C19H23N3O5S/c1-26-16-4-6-17(7-5-16)27-14-19(23)21-10-12-22(13-11-21)28(24,25)18-8-2-15(20)3-9-18/h2-9H,10-14,20H2,1H3. The highest BCUT2D eigenvalue weighted by Gasteiger charge is 2.30. The van der Waals surface area contributed by atoms with Crippen LogP contribution in [0.3, 0.4) is 0 Å². The molecule has 0 radical (unpaired) electrons. The Labute approximate surface area is 164 Å². The van der Waals surface area contributed by atoms with E-state index in [-0.39, 0.29) is 30.5 Å². The lowest BCUT2D eigenvalue weighted by molar-refractivity contribution is -0.134. The minimum atomic E-state index is -3.59. The van der Waals surface area contributed by atoms with Crippen molar-refractivity contribution in [2.75, 3.05) is 45.6 Å². The third-order valence-corrected chi connectivity index (χ3v) is 6.44. The minimum absolute atomic E-state index is 0.100. The second-order valence-corrected chi connectivity index (χ2v) is 8.26. The maximum atomic E-state index is 12.7. The van der Waals surface area contributed by atoms with Crippen LogP contribution >= 0.6 is 0 Å². The Kier molecular flexibility index (Phi) is 6.05. The van der Waals surface area contributed by atoms with E-state index >= 15 is 0 Å². The molecular weight excluding hydrogens is 382 g/mol. The Bertz CT molecular complexity index is 906. The third-order valence-electron chi connectivity index (χ3n) is 4.53. The first kappa shape index (κ1) is 20.0. The lowest BCUT2D eigenvalue weighted by Crippen LogP contribution is -2.51. The molecule has 0 aliphatic carbocycles. The van der Waals surface area contributed by atoms with Crippen LogP contribution < -0.4 is 15.2 Å². The number of amides is 1. The SMILES string of the molecule is COc1ccc(OCC(=O)N2CCN(S(=O)(=O)c3ccc(N)cc3)CC2)cc1. The van der Waals surface area contributed by atoms with Crippen LogP contribution in [0, 0.1) is 0 Å². The van der Waals surface area contributed by atoms with E-state index in [9.17, 15) is 13.2 Å². The van der Waals surface area contributed by atoms with Crippen molar-refractivity contribution in [3.8, 4) is 11.5 Å². The van der Waals surface area contributed by atoms with Gasteiger partial charge in [-0.05, 0) is 48.5 Å². The fraction of sp³-hybridized carbons (Fsp3) is 0.316. The quantitative estimate of drug-likeness (QED) is 0.725. The van der Waals surface area contributed by atoms with Crippen LogP contribution in [0.15, 0.2) is 53.4 Å². The average molecular weight is 405 g/mol. The molecule has 8 nitrogen and oxygen atoms in total. The monoisotopic (exact) mass is 405 g/mol. The lowest BCUT2D eigenvalue weighted by atomic mass is 10.3. The van der Waals surface area contributed by atoms with Crippen molar-refractivity contribution in [1.82, 2.24) is 9.21 Å². The Morgan fingerprint density at radius 1 is 0.964 bits per heavy atom. The summed E-state index contributed by atoms with van der Waals surface area (Å²) >= 11 is 0. The number of methoxy groups -OCH3 is 1. The number of carbonyl (C=O) groups is 1. The molecule has 1 fully saturated rings. The normalized spacial score (nSPS) is 15.2. The molecule has 0 aromatic heterocycles. The number of ether oxygens (including phenoxy) is 2. The number of anilines is 1. The van der Waals surface area contributed by atoms with Gasteiger partial charge in [-0.25, -0.2) is 8.42 Å². The average Bonchev–Trinajstić information content (AvgIpc) is 2.73. The van der Waals surface area contributed by atoms with Crippen LogP contribution in [-0.4, -0.2) is 63.4 Å². The molecule has 0 saturated carbocycles. The number of carbonyl (C=O) groups excluding carboxylic acids is 1. The Morgan fingerprint density at radius 3 is 2.11 bits per heavy atom. The molecule has 2 N–H and O–H groups in total. The van der Waals surface area contributed by atoms with E-state index in [4.69, 9.17) is 15.2 Å². The van der Waals surface area contributed by atoms with Crippen molar-refractivity contribution in [2.24, 2.45) is 0 Å². The van der Waals surface area contributed by atoms with Gasteiger partial charge in [0.1, 0.15) is 11.5 Å². The molecule has 1 aliphatic heterocycles. The van der Waals surface area contributed by atoms with Crippen molar-refractivity contribution in [2.45, 2.75) is 4.90 Å². The van der Waals surface area contributed by atoms with Crippen LogP contribution in [0.5, 0.6) is 11.5 Å². The van der Waals surface area contributed by atoms with Crippen LogP contribution in [0.25, 0.3) is 0 Å². The van der Waals surface area contributed by atoms with Crippen LogP contribution in [0.4, 0.5) is 5.69 Å². The van der Waals surface area contributed by atoms with Crippen molar-refractivity contribution < 1.29 is 22.7 Å². The number of rotatable bonds is 6. The second-order valence-electron chi connectivity index (χ2n) is 6.32. The molecule has 1 aliphatic rings. The summed E-state index contributed by atoms with van der Waals surface area (Å²) in [5.41, 5.74) is 6.12. The molecule has 1 heterocycles. The predicted octanol–water partition coefficient (Wildman–Crippen LogP) is 1.19. The number of nitrogen functional groups attached to an aromatic ring is 1. The molecule has 0 bridgehead atoms. The van der Waals surface area contributed by atoms with E-state index in [0.29, 0.717) is 30.3 Å². The zero-order valence-electron chi connectivity index (χ0n) is 15.6. The molecule has 2 aromatic rings. The highest BCUT2D eigenvalue weighted by Crippen LogP contribution is 2.20. The number of nitrogens with two attached hydrogens (primary N) is 1. The second kappa shape index (κ2) is 8.49. The van der Waals surface area contributed by atoms with E-state index in [1.54, 1.807) is 48.4 Å².